The molecule has 0 aromatic carbocycles. The largest absolute Gasteiger partial charge is 0.450 e. The summed E-state index contributed by atoms with van der Waals surface area (Å²) in [6.07, 6.45) is 1.06. The van der Waals surface area contributed by atoms with E-state index in [-0.39, 0.29) is 31.5 Å². The number of likely N-dealkylation sites (tertiary alicyclic amines) is 1. The van der Waals surface area contributed by atoms with Gasteiger partial charge in [-0.15, -0.1) is 0 Å². The number of ether oxygens (including phenoxy) is 1. The van der Waals surface area contributed by atoms with E-state index in [0.29, 0.717) is 32.7 Å². The lowest BCUT2D eigenvalue weighted by Crippen LogP contribution is -2.54. The van der Waals surface area contributed by atoms with Gasteiger partial charge in [0.25, 0.3) is 10.2 Å². The summed E-state index contributed by atoms with van der Waals surface area (Å²) >= 11 is 0. The van der Waals surface area contributed by atoms with Crippen LogP contribution in [-0.2, 0) is 19.7 Å². The average molecular weight is 376 g/mol. The number of nitrogens with zero attached hydrogens (tertiary/aromatic N) is 3. The minimum absolute atomic E-state index is 0.0395. The second-order valence-corrected chi connectivity index (χ2v) is 8.24. The van der Waals surface area contributed by atoms with Crippen molar-refractivity contribution < 1.29 is 22.7 Å². The van der Waals surface area contributed by atoms with Gasteiger partial charge in [-0.3, -0.25) is 4.79 Å². The van der Waals surface area contributed by atoms with Crippen LogP contribution < -0.4 is 4.72 Å². The summed E-state index contributed by atoms with van der Waals surface area (Å²) in [6.45, 7) is 6.69. The fourth-order valence-electron chi connectivity index (χ4n) is 3.00. The molecule has 25 heavy (non-hydrogen) atoms. The number of piperazine rings is 1. The van der Waals surface area contributed by atoms with E-state index in [0.717, 1.165) is 13.0 Å². The molecular formula is C15H28N4O5S. The topological polar surface area (TPSA) is 99.3 Å². The normalized spacial score (nSPS) is 20.8. The molecule has 2 saturated heterocycles. The Labute approximate surface area is 149 Å². The second-order valence-electron chi connectivity index (χ2n) is 6.49. The maximum atomic E-state index is 12.4. The average Bonchev–Trinajstić information content (AvgIpc) is 2.98. The van der Waals surface area contributed by atoms with Crippen molar-refractivity contribution in [1.29, 1.82) is 0 Å². The minimum atomic E-state index is -3.59. The van der Waals surface area contributed by atoms with Gasteiger partial charge >= 0.3 is 6.09 Å². The highest BCUT2D eigenvalue weighted by Crippen LogP contribution is 2.12. The lowest BCUT2D eigenvalue weighted by Gasteiger charge is -2.33. The van der Waals surface area contributed by atoms with Crippen LogP contribution in [0.1, 0.15) is 26.7 Å². The van der Waals surface area contributed by atoms with Gasteiger partial charge in [-0.2, -0.15) is 12.7 Å². The summed E-state index contributed by atoms with van der Waals surface area (Å²) in [5.74, 6) is 0.183. The second kappa shape index (κ2) is 8.81. The Kier molecular flexibility index (Phi) is 7.03. The number of amides is 2. The quantitative estimate of drug-likeness (QED) is 0.666. The summed E-state index contributed by atoms with van der Waals surface area (Å²) in [6, 6.07) is 0. The van der Waals surface area contributed by atoms with Crippen molar-refractivity contribution in [2.45, 2.75) is 26.7 Å². The van der Waals surface area contributed by atoms with Gasteiger partial charge in [-0.05, 0) is 19.3 Å². The van der Waals surface area contributed by atoms with Crippen LogP contribution in [0, 0.1) is 5.92 Å². The van der Waals surface area contributed by atoms with Crippen molar-refractivity contribution in [3.05, 3.63) is 0 Å². The first-order valence-corrected chi connectivity index (χ1v) is 10.2. The molecule has 1 atom stereocenters. The zero-order valence-electron chi connectivity index (χ0n) is 14.9. The van der Waals surface area contributed by atoms with Crippen molar-refractivity contribution in [1.82, 2.24) is 18.8 Å². The van der Waals surface area contributed by atoms with Crippen LogP contribution in [0.4, 0.5) is 4.79 Å². The SMILES string of the molecule is CCOC(=O)N1CCN(S(=O)(=O)NCC(C)CN2CCCC2=O)CC1. The molecule has 0 aliphatic carbocycles. The highest BCUT2D eigenvalue weighted by Gasteiger charge is 2.30. The van der Waals surface area contributed by atoms with Crippen LogP contribution in [0.15, 0.2) is 0 Å². The van der Waals surface area contributed by atoms with Crippen LogP contribution in [0.3, 0.4) is 0 Å². The van der Waals surface area contributed by atoms with Gasteiger partial charge in [-0.25, -0.2) is 9.52 Å². The van der Waals surface area contributed by atoms with Gasteiger partial charge in [0.05, 0.1) is 6.61 Å². The summed E-state index contributed by atoms with van der Waals surface area (Å²) in [7, 11) is -3.59. The molecule has 144 valence electrons. The Morgan fingerprint density at radius 1 is 1.24 bits per heavy atom. The number of hydrogen-bond acceptors (Lipinski definition) is 5. The zero-order chi connectivity index (χ0) is 18.4. The molecule has 10 heteroatoms. The summed E-state index contributed by atoms with van der Waals surface area (Å²) in [5.41, 5.74) is 0. The van der Waals surface area contributed by atoms with Crippen LogP contribution >= 0.6 is 0 Å². The van der Waals surface area contributed by atoms with Crippen molar-refractivity contribution in [3.63, 3.8) is 0 Å². The van der Waals surface area contributed by atoms with E-state index in [1.165, 1.54) is 9.21 Å². The molecule has 0 aromatic heterocycles. The number of rotatable bonds is 7. The lowest BCUT2D eigenvalue weighted by molar-refractivity contribution is -0.128. The van der Waals surface area contributed by atoms with E-state index in [1.807, 2.05) is 6.92 Å². The Balaban J connectivity index is 1.76. The summed E-state index contributed by atoms with van der Waals surface area (Å²) in [5, 5.41) is 0. The Morgan fingerprint density at radius 3 is 2.48 bits per heavy atom. The van der Waals surface area contributed by atoms with E-state index in [9.17, 15) is 18.0 Å². The third kappa shape index (κ3) is 5.55. The maximum absolute atomic E-state index is 12.4. The summed E-state index contributed by atoms with van der Waals surface area (Å²) in [4.78, 5) is 26.6. The molecule has 1 unspecified atom stereocenters. The third-order valence-corrected chi connectivity index (χ3v) is 6.00. The number of nitrogens with one attached hydrogen (secondary N) is 1. The van der Waals surface area contributed by atoms with E-state index in [4.69, 9.17) is 4.74 Å². The fourth-order valence-corrected chi connectivity index (χ4v) is 4.32. The van der Waals surface area contributed by atoms with Crippen molar-refractivity contribution in [2.75, 3.05) is 52.4 Å². The van der Waals surface area contributed by atoms with Gasteiger partial charge in [0.2, 0.25) is 5.91 Å². The predicted octanol–water partition coefficient (Wildman–Crippen LogP) is -0.147. The van der Waals surface area contributed by atoms with Crippen molar-refractivity contribution >= 4 is 22.2 Å². The molecule has 9 nitrogen and oxygen atoms in total. The molecule has 0 bridgehead atoms. The Morgan fingerprint density at radius 2 is 1.92 bits per heavy atom. The van der Waals surface area contributed by atoms with Gasteiger partial charge in [0, 0.05) is 52.2 Å². The lowest BCUT2D eigenvalue weighted by atomic mass is 10.2. The van der Waals surface area contributed by atoms with Gasteiger partial charge in [0.1, 0.15) is 0 Å². The minimum Gasteiger partial charge on any atom is -0.450 e. The molecular weight excluding hydrogens is 348 g/mol. The zero-order valence-corrected chi connectivity index (χ0v) is 15.8. The molecule has 0 aromatic rings. The molecule has 0 spiro atoms. The monoisotopic (exact) mass is 376 g/mol. The summed E-state index contributed by atoms with van der Waals surface area (Å²) < 4.78 is 33.7. The number of carbonyl (C=O) groups excluding carboxylic acids is 2. The Hall–Kier alpha value is -1.39. The van der Waals surface area contributed by atoms with Crippen molar-refractivity contribution in [3.8, 4) is 0 Å². The van der Waals surface area contributed by atoms with Crippen LogP contribution in [-0.4, -0.2) is 86.9 Å². The first kappa shape index (κ1) is 19.9. The van der Waals surface area contributed by atoms with Crippen LogP contribution in [0.25, 0.3) is 0 Å². The molecule has 2 heterocycles. The molecule has 2 amide bonds. The maximum Gasteiger partial charge on any atom is 0.409 e. The fraction of sp³-hybridized carbons (Fsp3) is 0.867. The Bertz CT molecular complexity index is 574. The molecule has 2 rings (SSSR count). The van der Waals surface area contributed by atoms with Crippen LogP contribution in [0.5, 0.6) is 0 Å². The molecule has 0 saturated carbocycles. The highest BCUT2D eigenvalue weighted by molar-refractivity contribution is 7.87. The number of hydrogen-bond donors (Lipinski definition) is 1. The molecule has 2 aliphatic rings. The van der Waals surface area contributed by atoms with E-state index < -0.39 is 16.3 Å². The molecule has 2 fully saturated rings. The first-order valence-electron chi connectivity index (χ1n) is 8.77. The van der Waals surface area contributed by atoms with Gasteiger partial charge < -0.3 is 14.5 Å². The van der Waals surface area contributed by atoms with Crippen molar-refractivity contribution in [2.24, 2.45) is 5.92 Å². The van der Waals surface area contributed by atoms with E-state index in [2.05, 4.69) is 4.72 Å². The molecule has 2 aliphatic heterocycles. The van der Waals surface area contributed by atoms with E-state index in [1.54, 1.807) is 11.8 Å². The van der Waals surface area contributed by atoms with Crippen LogP contribution in [0.2, 0.25) is 0 Å². The standard InChI is InChI=1S/C15H28N4O5S/c1-3-24-15(21)17-7-9-19(10-8-17)25(22,23)16-11-13(2)12-18-6-4-5-14(18)20/h13,16H,3-12H2,1-2H3. The third-order valence-electron chi connectivity index (χ3n) is 4.42. The highest BCUT2D eigenvalue weighted by atomic mass is 32.2. The predicted molar refractivity (Wildman–Crippen MR) is 92.1 cm³/mol. The molecule has 0 radical (unpaired) electrons. The van der Waals surface area contributed by atoms with E-state index >= 15 is 0 Å². The smallest absolute Gasteiger partial charge is 0.409 e. The first-order chi connectivity index (χ1) is 11.8. The van der Waals surface area contributed by atoms with Gasteiger partial charge in [0.15, 0.2) is 0 Å². The number of carbonyl (C=O) groups is 2. The molecule has 1 N–H and O–H groups in total. The van der Waals surface area contributed by atoms with Gasteiger partial charge in [-0.1, -0.05) is 6.92 Å².